The smallest absolute Gasteiger partial charge is 0.223 e. The van der Waals surface area contributed by atoms with Crippen molar-refractivity contribution in [1.29, 1.82) is 0 Å². The van der Waals surface area contributed by atoms with Gasteiger partial charge in [-0.3, -0.25) is 0 Å². The van der Waals surface area contributed by atoms with Crippen LogP contribution in [0.3, 0.4) is 0 Å². The summed E-state index contributed by atoms with van der Waals surface area (Å²) in [5.41, 5.74) is 6.35. The fraction of sp³-hybridized carbons (Fsp3) is 0.0909. The lowest BCUT2D eigenvalue weighted by molar-refractivity contribution is 0.461. The summed E-state index contributed by atoms with van der Waals surface area (Å²) in [6.45, 7) is 0. The second-order valence-electron chi connectivity index (χ2n) is 3.04. The molecule has 0 bridgehead atoms. The van der Waals surface area contributed by atoms with Gasteiger partial charge in [-0.2, -0.15) is 0 Å². The molecule has 1 aromatic carbocycles. The first-order valence-electron chi connectivity index (χ1n) is 4.68. The van der Waals surface area contributed by atoms with E-state index in [2.05, 4.69) is 9.97 Å². The van der Waals surface area contributed by atoms with Crippen molar-refractivity contribution in [1.82, 2.24) is 9.97 Å². The van der Waals surface area contributed by atoms with Crippen molar-refractivity contribution in [3.63, 3.8) is 0 Å². The molecule has 0 amide bonds. The van der Waals surface area contributed by atoms with Crippen molar-refractivity contribution in [2.75, 3.05) is 12.0 Å². The first-order valence-corrected chi connectivity index (χ1v) is 5.90. The second-order valence-corrected chi connectivity index (χ2v) is 3.87. The van der Waals surface area contributed by atoms with Crippen molar-refractivity contribution < 1.29 is 4.74 Å². The van der Waals surface area contributed by atoms with Crippen molar-refractivity contribution >= 4 is 17.4 Å². The van der Waals surface area contributed by atoms with Gasteiger partial charge in [0.05, 0.1) is 5.69 Å². The van der Waals surface area contributed by atoms with Crippen LogP contribution in [0.1, 0.15) is 0 Å². The number of para-hydroxylation sites is 2. The van der Waals surface area contributed by atoms with Crippen molar-refractivity contribution in [2.24, 2.45) is 0 Å². The molecular weight excluding hydrogens is 222 g/mol. The molecule has 1 heterocycles. The van der Waals surface area contributed by atoms with Crippen LogP contribution in [0.2, 0.25) is 0 Å². The second kappa shape index (κ2) is 4.85. The highest BCUT2D eigenvalue weighted by molar-refractivity contribution is 7.98. The minimum atomic E-state index is 0.497. The Bertz CT molecular complexity index is 490. The van der Waals surface area contributed by atoms with E-state index in [-0.39, 0.29) is 0 Å². The maximum atomic E-state index is 5.77. The number of nitrogens with zero attached hydrogens (tertiary/aromatic N) is 2. The third kappa shape index (κ3) is 2.43. The molecule has 0 spiro atoms. The summed E-state index contributed by atoms with van der Waals surface area (Å²) in [6.07, 6.45) is 3.42. The molecule has 0 fully saturated rings. The molecule has 2 aromatic rings. The molecule has 1 aromatic heterocycles. The standard InChI is InChI=1S/C11H11N3OS/c1-16-11-6-10(13-7-14-11)15-9-5-3-2-4-8(9)12/h2-7H,12H2,1H3. The van der Waals surface area contributed by atoms with Gasteiger partial charge in [-0.25, -0.2) is 9.97 Å². The van der Waals surface area contributed by atoms with E-state index in [0.717, 1.165) is 5.03 Å². The molecule has 2 rings (SSSR count). The summed E-state index contributed by atoms with van der Waals surface area (Å²) < 4.78 is 5.56. The van der Waals surface area contributed by atoms with Crippen LogP contribution >= 0.6 is 11.8 Å². The zero-order chi connectivity index (χ0) is 11.4. The largest absolute Gasteiger partial charge is 0.437 e. The lowest BCUT2D eigenvalue weighted by atomic mass is 10.3. The number of aromatic nitrogens is 2. The predicted octanol–water partition coefficient (Wildman–Crippen LogP) is 2.57. The molecule has 0 saturated heterocycles. The number of nitrogen functional groups attached to an aromatic ring is 1. The number of nitrogens with two attached hydrogens (primary N) is 1. The van der Waals surface area contributed by atoms with Gasteiger partial charge in [-0.05, 0) is 18.4 Å². The Morgan fingerprint density at radius 2 is 2.06 bits per heavy atom. The average Bonchev–Trinajstić information content (AvgIpc) is 2.32. The van der Waals surface area contributed by atoms with Crippen LogP contribution in [0.4, 0.5) is 5.69 Å². The van der Waals surface area contributed by atoms with E-state index in [9.17, 15) is 0 Å². The first kappa shape index (κ1) is 10.8. The van der Waals surface area contributed by atoms with E-state index in [4.69, 9.17) is 10.5 Å². The van der Waals surface area contributed by atoms with Gasteiger partial charge in [0.25, 0.3) is 0 Å². The fourth-order valence-electron chi connectivity index (χ4n) is 1.18. The normalized spacial score (nSPS) is 10.1. The number of anilines is 1. The molecule has 0 atom stereocenters. The van der Waals surface area contributed by atoms with Crippen molar-refractivity contribution in [3.05, 3.63) is 36.7 Å². The third-order valence-corrected chi connectivity index (χ3v) is 2.60. The lowest BCUT2D eigenvalue weighted by Gasteiger charge is -2.07. The molecule has 4 nitrogen and oxygen atoms in total. The number of benzene rings is 1. The van der Waals surface area contributed by atoms with Gasteiger partial charge in [0, 0.05) is 6.07 Å². The highest BCUT2D eigenvalue weighted by atomic mass is 32.2. The van der Waals surface area contributed by atoms with Crippen LogP contribution in [0.5, 0.6) is 11.6 Å². The molecule has 0 aliphatic carbocycles. The Morgan fingerprint density at radius 3 is 2.81 bits per heavy atom. The SMILES string of the molecule is CSc1cc(Oc2ccccc2N)ncn1. The summed E-state index contributed by atoms with van der Waals surface area (Å²) in [6, 6.07) is 9.08. The minimum Gasteiger partial charge on any atom is -0.437 e. The molecule has 0 unspecified atom stereocenters. The molecule has 16 heavy (non-hydrogen) atoms. The molecule has 82 valence electrons. The van der Waals surface area contributed by atoms with E-state index >= 15 is 0 Å². The van der Waals surface area contributed by atoms with Crippen LogP contribution in [-0.2, 0) is 0 Å². The summed E-state index contributed by atoms with van der Waals surface area (Å²) >= 11 is 1.54. The van der Waals surface area contributed by atoms with Crippen LogP contribution in [0.25, 0.3) is 0 Å². The van der Waals surface area contributed by atoms with Crippen LogP contribution in [0.15, 0.2) is 41.7 Å². The molecule has 0 saturated carbocycles. The first-order chi connectivity index (χ1) is 7.79. The highest BCUT2D eigenvalue weighted by Gasteiger charge is 2.03. The summed E-state index contributed by atoms with van der Waals surface area (Å²) in [4.78, 5) is 8.08. The molecular formula is C11H11N3OS. The van der Waals surface area contributed by atoms with Gasteiger partial charge in [0.1, 0.15) is 11.4 Å². The molecule has 5 heteroatoms. The van der Waals surface area contributed by atoms with E-state index in [1.54, 1.807) is 18.2 Å². The van der Waals surface area contributed by atoms with Gasteiger partial charge >= 0.3 is 0 Å². The Kier molecular flexibility index (Phi) is 3.26. The van der Waals surface area contributed by atoms with Gasteiger partial charge in [-0.1, -0.05) is 12.1 Å². The summed E-state index contributed by atoms with van der Waals surface area (Å²) in [5, 5.41) is 0.861. The molecule has 0 radical (unpaired) electrons. The summed E-state index contributed by atoms with van der Waals surface area (Å²) in [5.74, 6) is 1.10. The Labute approximate surface area is 97.9 Å². The van der Waals surface area contributed by atoms with Crippen LogP contribution in [-0.4, -0.2) is 16.2 Å². The van der Waals surface area contributed by atoms with Gasteiger partial charge in [0.2, 0.25) is 5.88 Å². The fourth-order valence-corrected chi connectivity index (χ4v) is 1.55. The van der Waals surface area contributed by atoms with Gasteiger partial charge in [0.15, 0.2) is 5.75 Å². The molecule has 0 aliphatic heterocycles. The number of rotatable bonds is 3. The van der Waals surface area contributed by atoms with E-state index in [1.807, 2.05) is 18.4 Å². The topological polar surface area (TPSA) is 61.0 Å². The molecule has 2 N–H and O–H groups in total. The van der Waals surface area contributed by atoms with E-state index in [1.165, 1.54) is 18.1 Å². The number of hydrogen-bond donors (Lipinski definition) is 1. The third-order valence-electron chi connectivity index (χ3n) is 1.96. The molecule has 0 aliphatic rings. The zero-order valence-corrected chi connectivity index (χ0v) is 9.57. The van der Waals surface area contributed by atoms with E-state index in [0.29, 0.717) is 17.3 Å². The highest BCUT2D eigenvalue weighted by Crippen LogP contribution is 2.26. The quantitative estimate of drug-likeness (QED) is 0.501. The van der Waals surface area contributed by atoms with Gasteiger partial charge in [-0.15, -0.1) is 11.8 Å². The number of hydrogen-bond acceptors (Lipinski definition) is 5. The lowest BCUT2D eigenvalue weighted by Crippen LogP contribution is -1.94. The zero-order valence-electron chi connectivity index (χ0n) is 8.75. The average molecular weight is 233 g/mol. The number of ether oxygens (including phenoxy) is 1. The predicted molar refractivity (Wildman–Crippen MR) is 64.7 cm³/mol. The number of thioether (sulfide) groups is 1. The monoisotopic (exact) mass is 233 g/mol. The summed E-state index contributed by atoms with van der Waals surface area (Å²) in [7, 11) is 0. The Hall–Kier alpha value is -1.75. The maximum absolute atomic E-state index is 5.77. The van der Waals surface area contributed by atoms with Gasteiger partial charge < -0.3 is 10.5 Å². The minimum absolute atomic E-state index is 0.497. The maximum Gasteiger partial charge on any atom is 0.223 e. The van der Waals surface area contributed by atoms with Crippen LogP contribution < -0.4 is 10.5 Å². The Morgan fingerprint density at radius 1 is 1.25 bits per heavy atom. The van der Waals surface area contributed by atoms with Crippen LogP contribution in [0, 0.1) is 0 Å². The van der Waals surface area contributed by atoms with Crippen molar-refractivity contribution in [3.8, 4) is 11.6 Å². The Balaban J connectivity index is 2.24. The van der Waals surface area contributed by atoms with E-state index < -0.39 is 0 Å². The van der Waals surface area contributed by atoms with Crippen molar-refractivity contribution in [2.45, 2.75) is 5.03 Å².